The minimum absolute atomic E-state index is 0.0549. The van der Waals surface area contributed by atoms with Gasteiger partial charge in [-0.25, -0.2) is 0 Å². The van der Waals surface area contributed by atoms with Crippen molar-refractivity contribution in [1.82, 2.24) is 10.2 Å². The smallest absolute Gasteiger partial charge is 0.269 e. The van der Waals surface area contributed by atoms with E-state index in [1.54, 1.807) is 12.1 Å². The highest BCUT2D eigenvalue weighted by atomic mass is 16.6. The van der Waals surface area contributed by atoms with Crippen LogP contribution in [0.4, 0.5) is 5.69 Å². The van der Waals surface area contributed by atoms with Crippen LogP contribution in [0.1, 0.15) is 36.6 Å². The number of non-ortho nitro benzene ring substituents is 1. The fourth-order valence-corrected chi connectivity index (χ4v) is 3.55. The molecule has 27 heavy (non-hydrogen) atoms. The van der Waals surface area contributed by atoms with Crippen LogP contribution >= 0.6 is 0 Å². The highest BCUT2D eigenvalue weighted by molar-refractivity contribution is 5.45. The third kappa shape index (κ3) is 4.64. The number of hydrogen-bond acceptors (Lipinski definition) is 5. The Balaban J connectivity index is 1.71. The summed E-state index contributed by atoms with van der Waals surface area (Å²) < 4.78 is 5.95. The Hall–Kier alpha value is -2.44. The number of nitro benzene ring substituents is 1. The van der Waals surface area contributed by atoms with E-state index < -0.39 is 0 Å². The van der Waals surface area contributed by atoms with E-state index in [2.05, 4.69) is 36.2 Å². The summed E-state index contributed by atoms with van der Waals surface area (Å²) in [4.78, 5) is 12.8. The van der Waals surface area contributed by atoms with Gasteiger partial charge in [-0.2, -0.15) is 0 Å². The first-order valence-corrected chi connectivity index (χ1v) is 9.58. The van der Waals surface area contributed by atoms with Crippen LogP contribution in [-0.2, 0) is 6.42 Å². The summed E-state index contributed by atoms with van der Waals surface area (Å²) in [7, 11) is 0. The molecule has 0 fully saturated rings. The topological polar surface area (TPSA) is 67.6 Å². The highest BCUT2D eigenvalue weighted by Gasteiger charge is 2.22. The van der Waals surface area contributed by atoms with Crippen LogP contribution in [-0.4, -0.2) is 42.6 Å². The van der Waals surface area contributed by atoms with Crippen LogP contribution in [0.5, 0.6) is 5.75 Å². The number of benzene rings is 2. The lowest BCUT2D eigenvalue weighted by Gasteiger charge is -2.28. The second-order valence-electron chi connectivity index (χ2n) is 6.72. The molecule has 0 aliphatic carbocycles. The van der Waals surface area contributed by atoms with Gasteiger partial charge in [-0.1, -0.05) is 32.0 Å². The molecule has 2 aromatic rings. The molecule has 6 heteroatoms. The van der Waals surface area contributed by atoms with Crippen molar-refractivity contribution in [3.63, 3.8) is 0 Å². The fourth-order valence-electron chi connectivity index (χ4n) is 3.55. The summed E-state index contributed by atoms with van der Waals surface area (Å²) in [5.74, 6) is 0.908. The molecule has 2 aromatic carbocycles. The van der Waals surface area contributed by atoms with Crippen molar-refractivity contribution in [1.29, 1.82) is 0 Å². The molecule has 0 aromatic heterocycles. The van der Waals surface area contributed by atoms with Gasteiger partial charge in [-0.15, -0.1) is 0 Å². The quantitative estimate of drug-likeness (QED) is 0.569. The standard InChI is InChI=1S/C21H27N3O3/c1-3-23(4-2)13-14-27-19-9-10-20-17(15-19)11-12-22-21(20)16-5-7-18(8-6-16)24(25)26/h5-10,15,21-22H,3-4,11-14H2,1-2H3. The van der Waals surface area contributed by atoms with Gasteiger partial charge in [-0.05, 0) is 48.3 Å². The first-order valence-electron chi connectivity index (χ1n) is 9.58. The fraction of sp³-hybridized carbons (Fsp3) is 0.429. The summed E-state index contributed by atoms with van der Waals surface area (Å²) in [6.07, 6.45) is 0.950. The number of nitrogens with zero attached hydrogens (tertiary/aromatic N) is 2. The molecular weight excluding hydrogens is 342 g/mol. The van der Waals surface area contributed by atoms with E-state index in [9.17, 15) is 10.1 Å². The van der Waals surface area contributed by atoms with Crippen LogP contribution in [0.3, 0.4) is 0 Å². The molecule has 0 amide bonds. The molecule has 1 heterocycles. The van der Waals surface area contributed by atoms with Gasteiger partial charge in [-0.3, -0.25) is 10.1 Å². The molecule has 0 spiro atoms. The van der Waals surface area contributed by atoms with E-state index in [1.807, 2.05) is 18.2 Å². The van der Waals surface area contributed by atoms with Gasteiger partial charge < -0.3 is 15.0 Å². The highest BCUT2D eigenvalue weighted by Crippen LogP contribution is 2.31. The SMILES string of the molecule is CCN(CC)CCOc1ccc2c(c1)CCNC2c1ccc([N+](=O)[O-])cc1. The third-order valence-electron chi connectivity index (χ3n) is 5.18. The summed E-state index contributed by atoms with van der Waals surface area (Å²) >= 11 is 0. The molecule has 6 nitrogen and oxygen atoms in total. The van der Waals surface area contributed by atoms with Gasteiger partial charge in [0.1, 0.15) is 12.4 Å². The second kappa shape index (κ2) is 8.97. The van der Waals surface area contributed by atoms with Crippen molar-refractivity contribution in [3.8, 4) is 5.75 Å². The van der Waals surface area contributed by atoms with Crippen molar-refractivity contribution >= 4 is 5.69 Å². The number of ether oxygens (including phenoxy) is 1. The number of hydrogen-bond donors (Lipinski definition) is 1. The van der Waals surface area contributed by atoms with Crippen LogP contribution < -0.4 is 10.1 Å². The average Bonchev–Trinajstić information content (AvgIpc) is 2.70. The van der Waals surface area contributed by atoms with E-state index in [0.29, 0.717) is 6.61 Å². The zero-order chi connectivity index (χ0) is 19.2. The molecule has 1 aliphatic heterocycles. The number of likely N-dealkylation sites (N-methyl/N-ethyl adjacent to an activating group) is 1. The van der Waals surface area contributed by atoms with Gasteiger partial charge >= 0.3 is 0 Å². The van der Waals surface area contributed by atoms with Crippen molar-refractivity contribution in [2.24, 2.45) is 0 Å². The lowest BCUT2D eigenvalue weighted by atomic mass is 9.89. The average molecular weight is 369 g/mol. The van der Waals surface area contributed by atoms with E-state index >= 15 is 0 Å². The first kappa shape index (κ1) is 19.3. The maximum Gasteiger partial charge on any atom is 0.269 e. The summed E-state index contributed by atoms with van der Waals surface area (Å²) in [5.41, 5.74) is 3.65. The molecule has 144 valence electrons. The number of nitrogens with one attached hydrogen (secondary N) is 1. The molecule has 0 saturated heterocycles. The van der Waals surface area contributed by atoms with Gasteiger partial charge in [0.25, 0.3) is 5.69 Å². The summed E-state index contributed by atoms with van der Waals surface area (Å²) in [5, 5.41) is 14.4. The summed E-state index contributed by atoms with van der Waals surface area (Å²) in [6, 6.07) is 13.1. The van der Waals surface area contributed by atoms with Crippen LogP contribution in [0.2, 0.25) is 0 Å². The number of rotatable bonds is 8. The Morgan fingerprint density at radius 3 is 2.59 bits per heavy atom. The predicted molar refractivity (Wildman–Crippen MR) is 106 cm³/mol. The molecule has 3 rings (SSSR count). The zero-order valence-corrected chi connectivity index (χ0v) is 16.0. The van der Waals surface area contributed by atoms with Gasteiger partial charge in [0.05, 0.1) is 11.0 Å². The monoisotopic (exact) mass is 369 g/mol. The van der Waals surface area contributed by atoms with Gasteiger partial charge in [0.15, 0.2) is 0 Å². The maximum absolute atomic E-state index is 10.9. The summed E-state index contributed by atoms with van der Waals surface area (Å²) in [6.45, 7) is 8.87. The third-order valence-corrected chi connectivity index (χ3v) is 5.18. The van der Waals surface area contributed by atoms with E-state index in [0.717, 1.165) is 43.9 Å². The molecule has 1 atom stereocenters. The van der Waals surface area contributed by atoms with Crippen LogP contribution in [0.25, 0.3) is 0 Å². The number of nitro groups is 1. The van der Waals surface area contributed by atoms with Crippen molar-refractivity contribution in [3.05, 3.63) is 69.3 Å². The van der Waals surface area contributed by atoms with E-state index in [4.69, 9.17) is 4.74 Å². The lowest BCUT2D eigenvalue weighted by molar-refractivity contribution is -0.384. The Kier molecular flexibility index (Phi) is 6.42. The Bertz CT molecular complexity index is 773. The van der Waals surface area contributed by atoms with E-state index in [1.165, 1.54) is 11.1 Å². The zero-order valence-electron chi connectivity index (χ0n) is 16.0. The number of fused-ring (bicyclic) bond motifs is 1. The molecular formula is C21H27N3O3. The lowest BCUT2D eigenvalue weighted by Crippen LogP contribution is -2.30. The Labute approximate surface area is 160 Å². The van der Waals surface area contributed by atoms with Gasteiger partial charge in [0.2, 0.25) is 0 Å². The molecule has 0 saturated carbocycles. The van der Waals surface area contributed by atoms with Gasteiger partial charge in [0, 0.05) is 25.2 Å². The van der Waals surface area contributed by atoms with Crippen molar-refractivity contribution in [2.75, 3.05) is 32.8 Å². The van der Waals surface area contributed by atoms with Crippen molar-refractivity contribution in [2.45, 2.75) is 26.3 Å². The molecule has 0 radical (unpaired) electrons. The van der Waals surface area contributed by atoms with Crippen LogP contribution in [0, 0.1) is 10.1 Å². The minimum Gasteiger partial charge on any atom is -0.492 e. The maximum atomic E-state index is 10.9. The Morgan fingerprint density at radius 2 is 1.93 bits per heavy atom. The minimum atomic E-state index is -0.367. The van der Waals surface area contributed by atoms with Crippen molar-refractivity contribution < 1.29 is 9.66 Å². The predicted octanol–water partition coefficient (Wildman–Crippen LogP) is 3.55. The molecule has 0 bridgehead atoms. The second-order valence-corrected chi connectivity index (χ2v) is 6.72. The molecule has 1 N–H and O–H groups in total. The molecule has 1 unspecified atom stereocenters. The van der Waals surface area contributed by atoms with E-state index in [-0.39, 0.29) is 16.7 Å². The first-order chi connectivity index (χ1) is 13.1. The molecule has 1 aliphatic rings. The normalized spacial score (nSPS) is 16.2. The Morgan fingerprint density at radius 1 is 1.19 bits per heavy atom. The van der Waals surface area contributed by atoms with Crippen LogP contribution in [0.15, 0.2) is 42.5 Å². The largest absolute Gasteiger partial charge is 0.492 e.